The monoisotopic (exact) mass is 378 g/mol. The van der Waals surface area contributed by atoms with Crippen LogP contribution in [0.5, 0.6) is 5.75 Å². The van der Waals surface area contributed by atoms with E-state index in [4.69, 9.17) is 4.74 Å². The second-order valence-corrected chi connectivity index (χ2v) is 6.56. The lowest BCUT2D eigenvalue weighted by molar-refractivity contribution is 0.249. The Balaban J connectivity index is 1.56. The van der Waals surface area contributed by atoms with Gasteiger partial charge in [0.1, 0.15) is 11.6 Å². The predicted octanol–water partition coefficient (Wildman–Crippen LogP) is 3.92. The average Bonchev–Trinajstić information content (AvgIpc) is 2.57. The van der Waals surface area contributed by atoms with Crippen LogP contribution in [-0.4, -0.2) is 38.2 Å². The highest BCUT2D eigenvalue weighted by Gasteiger charge is 2.17. The first-order valence-corrected chi connectivity index (χ1v) is 8.50. The number of benzene rings is 2. The summed E-state index contributed by atoms with van der Waals surface area (Å²) in [6.07, 6.45) is 0. The topological polar surface area (TPSA) is 15.7 Å². The van der Waals surface area contributed by atoms with Gasteiger partial charge in [0.25, 0.3) is 0 Å². The molecule has 1 heterocycles. The number of ether oxygens (including phenoxy) is 1. The molecule has 1 aliphatic rings. The molecule has 0 bridgehead atoms. The van der Waals surface area contributed by atoms with Gasteiger partial charge in [-0.25, -0.2) is 4.39 Å². The van der Waals surface area contributed by atoms with Crippen molar-refractivity contribution in [2.24, 2.45) is 0 Å². The zero-order valence-corrected chi connectivity index (χ0v) is 14.7. The fourth-order valence-corrected chi connectivity index (χ4v) is 3.47. The average molecular weight is 379 g/mol. The smallest absolute Gasteiger partial charge is 0.133 e. The Morgan fingerprint density at radius 2 is 1.74 bits per heavy atom. The van der Waals surface area contributed by atoms with Crippen LogP contribution in [0.15, 0.2) is 46.9 Å². The maximum atomic E-state index is 13.0. The Labute approximate surface area is 144 Å². The van der Waals surface area contributed by atoms with Crippen LogP contribution in [0.1, 0.15) is 5.56 Å². The second kappa shape index (κ2) is 7.32. The Kier molecular flexibility index (Phi) is 5.18. The molecular weight excluding hydrogens is 359 g/mol. The molecule has 0 atom stereocenters. The van der Waals surface area contributed by atoms with Crippen LogP contribution in [0.3, 0.4) is 0 Å². The molecule has 23 heavy (non-hydrogen) atoms. The Bertz CT molecular complexity index is 655. The first kappa shape index (κ1) is 16.3. The molecule has 1 saturated heterocycles. The van der Waals surface area contributed by atoms with Gasteiger partial charge in [0.2, 0.25) is 0 Å². The summed E-state index contributed by atoms with van der Waals surface area (Å²) in [6.45, 7) is 4.85. The Morgan fingerprint density at radius 1 is 1.04 bits per heavy atom. The Hall–Kier alpha value is -1.59. The Morgan fingerprint density at radius 3 is 2.35 bits per heavy atom. The largest absolute Gasteiger partial charge is 0.496 e. The van der Waals surface area contributed by atoms with Crippen molar-refractivity contribution in [3.05, 3.63) is 58.3 Å². The first-order chi connectivity index (χ1) is 11.2. The molecule has 122 valence electrons. The van der Waals surface area contributed by atoms with Gasteiger partial charge in [0.05, 0.1) is 11.6 Å². The summed E-state index contributed by atoms with van der Waals surface area (Å²) in [5.41, 5.74) is 2.37. The molecule has 0 amide bonds. The van der Waals surface area contributed by atoms with E-state index < -0.39 is 0 Å². The van der Waals surface area contributed by atoms with E-state index in [9.17, 15) is 4.39 Å². The lowest BCUT2D eigenvalue weighted by atomic mass is 10.2. The summed E-state index contributed by atoms with van der Waals surface area (Å²) in [7, 11) is 1.68. The van der Waals surface area contributed by atoms with Gasteiger partial charge in [-0.3, -0.25) is 4.90 Å². The molecule has 1 fully saturated rings. The van der Waals surface area contributed by atoms with Crippen molar-refractivity contribution in [3.8, 4) is 5.75 Å². The van der Waals surface area contributed by atoms with Crippen LogP contribution in [0.25, 0.3) is 0 Å². The third kappa shape index (κ3) is 4.03. The summed E-state index contributed by atoms with van der Waals surface area (Å²) in [6, 6.07) is 13.0. The van der Waals surface area contributed by atoms with Crippen LogP contribution >= 0.6 is 15.9 Å². The van der Waals surface area contributed by atoms with Crippen molar-refractivity contribution >= 4 is 21.6 Å². The number of nitrogens with zero attached hydrogens (tertiary/aromatic N) is 2. The lowest BCUT2D eigenvalue weighted by Crippen LogP contribution is -2.45. The van der Waals surface area contributed by atoms with E-state index >= 15 is 0 Å². The van der Waals surface area contributed by atoms with Crippen molar-refractivity contribution in [3.63, 3.8) is 0 Å². The van der Waals surface area contributed by atoms with Gasteiger partial charge in [-0.05, 0) is 57.9 Å². The molecule has 2 aromatic carbocycles. The highest BCUT2D eigenvalue weighted by Crippen LogP contribution is 2.26. The number of anilines is 1. The number of rotatable bonds is 4. The van der Waals surface area contributed by atoms with E-state index in [0.717, 1.165) is 48.6 Å². The second-order valence-electron chi connectivity index (χ2n) is 5.71. The fourth-order valence-electron chi connectivity index (χ4n) is 2.88. The van der Waals surface area contributed by atoms with E-state index in [-0.39, 0.29) is 5.82 Å². The maximum Gasteiger partial charge on any atom is 0.133 e. The zero-order chi connectivity index (χ0) is 16.2. The molecule has 1 aliphatic heterocycles. The summed E-state index contributed by atoms with van der Waals surface area (Å²) in [5.74, 6) is 0.673. The van der Waals surface area contributed by atoms with E-state index in [0.29, 0.717) is 0 Å². The van der Waals surface area contributed by atoms with E-state index in [1.165, 1.54) is 17.7 Å². The molecule has 0 aromatic heterocycles. The van der Waals surface area contributed by atoms with E-state index in [2.05, 4.69) is 37.9 Å². The molecule has 0 radical (unpaired) electrons. The molecular formula is C18H20BrFN2O. The van der Waals surface area contributed by atoms with Crippen LogP contribution < -0.4 is 9.64 Å². The molecule has 2 aromatic rings. The van der Waals surface area contributed by atoms with Gasteiger partial charge in [0, 0.05) is 38.4 Å². The number of methoxy groups -OCH3 is 1. The zero-order valence-electron chi connectivity index (χ0n) is 13.1. The van der Waals surface area contributed by atoms with Gasteiger partial charge in [-0.2, -0.15) is 0 Å². The van der Waals surface area contributed by atoms with E-state index in [1.807, 2.05) is 18.2 Å². The molecule has 3 rings (SSSR count). The van der Waals surface area contributed by atoms with Crippen molar-refractivity contribution in [2.45, 2.75) is 6.54 Å². The summed E-state index contributed by atoms with van der Waals surface area (Å²) < 4.78 is 19.3. The third-order valence-electron chi connectivity index (χ3n) is 4.19. The van der Waals surface area contributed by atoms with Crippen molar-refractivity contribution in [1.29, 1.82) is 0 Å². The highest BCUT2D eigenvalue weighted by molar-refractivity contribution is 9.10. The minimum atomic E-state index is -0.183. The fraction of sp³-hybridized carbons (Fsp3) is 0.333. The molecule has 0 spiro atoms. The van der Waals surface area contributed by atoms with Gasteiger partial charge < -0.3 is 9.64 Å². The normalized spacial score (nSPS) is 15.7. The number of hydrogen-bond donors (Lipinski definition) is 0. The first-order valence-electron chi connectivity index (χ1n) is 7.71. The number of piperazine rings is 1. The van der Waals surface area contributed by atoms with Crippen LogP contribution in [0, 0.1) is 5.82 Å². The number of halogens is 2. The summed E-state index contributed by atoms with van der Waals surface area (Å²) in [5, 5.41) is 0. The summed E-state index contributed by atoms with van der Waals surface area (Å²) in [4.78, 5) is 4.74. The molecule has 5 heteroatoms. The van der Waals surface area contributed by atoms with Crippen LogP contribution in [-0.2, 0) is 6.54 Å². The van der Waals surface area contributed by atoms with Crippen LogP contribution in [0.4, 0.5) is 10.1 Å². The van der Waals surface area contributed by atoms with Crippen LogP contribution in [0.2, 0.25) is 0 Å². The molecule has 0 unspecified atom stereocenters. The summed E-state index contributed by atoms with van der Waals surface area (Å²) >= 11 is 3.54. The maximum absolute atomic E-state index is 13.0. The minimum Gasteiger partial charge on any atom is -0.496 e. The quantitative estimate of drug-likeness (QED) is 0.801. The van der Waals surface area contributed by atoms with Crippen molar-refractivity contribution < 1.29 is 9.13 Å². The number of hydrogen-bond acceptors (Lipinski definition) is 3. The minimum absolute atomic E-state index is 0.183. The predicted molar refractivity (Wildman–Crippen MR) is 94.6 cm³/mol. The molecule has 3 nitrogen and oxygen atoms in total. The van der Waals surface area contributed by atoms with E-state index in [1.54, 1.807) is 7.11 Å². The van der Waals surface area contributed by atoms with Gasteiger partial charge >= 0.3 is 0 Å². The highest BCUT2D eigenvalue weighted by atomic mass is 79.9. The van der Waals surface area contributed by atoms with Gasteiger partial charge in [-0.1, -0.05) is 6.07 Å². The molecule has 0 N–H and O–H groups in total. The SMILES string of the molecule is COc1ccc(CN2CCN(c3ccc(F)cc3)CC2)cc1Br. The van der Waals surface area contributed by atoms with Crippen molar-refractivity contribution in [1.82, 2.24) is 4.90 Å². The standard InChI is InChI=1S/C18H20BrFN2O/c1-23-18-7-2-14(12-17(18)19)13-21-8-10-22(11-9-21)16-5-3-15(20)4-6-16/h2-7,12H,8-11,13H2,1H3. The van der Waals surface area contributed by atoms with Crippen molar-refractivity contribution in [2.75, 3.05) is 38.2 Å². The molecule has 0 saturated carbocycles. The van der Waals surface area contributed by atoms with Gasteiger partial charge in [0.15, 0.2) is 0 Å². The molecule has 0 aliphatic carbocycles. The third-order valence-corrected chi connectivity index (χ3v) is 4.81. The lowest BCUT2D eigenvalue weighted by Gasteiger charge is -2.36. The van der Waals surface area contributed by atoms with Gasteiger partial charge in [-0.15, -0.1) is 0 Å².